The molecule has 0 aliphatic rings. The highest BCUT2D eigenvalue weighted by Crippen LogP contribution is 2.48. The summed E-state index contributed by atoms with van der Waals surface area (Å²) < 4.78 is 4.49. The van der Waals surface area contributed by atoms with Gasteiger partial charge < -0.3 is 15.8 Å². The Hall–Kier alpha value is -3.82. The second-order valence-electron chi connectivity index (χ2n) is 10.0. The number of primary amides is 1. The van der Waals surface area contributed by atoms with Gasteiger partial charge in [-0.3, -0.25) is 15.0 Å². The van der Waals surface area contributed by atoms with Crippen LogP contribution < -0.4 is 21.9 Å². The molecule has 206 valence electrons. The van der Waals surface area contributed by atoms with Crippen molar-refractivity contribution in [2.45, 2.75) is 50.1 Å². The molecule has 0 aliphatic carbocycles. The van der Waals surface area contributed by atoms with Crippen molar-refractivity contribution in [1.29, 1.82) is 0 Å². The zero-order valence-electron chi connectivity index (χ0n) is 22.6. The molecule has 3 rings (SSSR count). The first-order valence-corrected chi connectivity index (χ1v) is 13.7. The molecule has 0 radical (unpaired) electrons. The number of nitrogens with one attached hydrogen (secondary N) is 3. The number of thioether (sulfide) groups is 1. The smallest absolute Gasteiger partial charge is 0.422 e. The maximum absolute atomic E-state index is 12.9. The monoisotopic (exact) mass is 548 g/mol. The van der Waals surface area contributed by atoms with Crippen molar-refractivity contribution in [1.82, 2.24) is 16.2 Å². The molecule has 0 fully saturated rings. The van der Waals surface area contributed by atoms with Crippen molar-refractivity contribution in [3.63, 3.8) is 0 Å². The normalized spacial score (nSPS) is 13.1. The SMILES string of the molecule is C[C@H](NNC(=O)OC(C)(C)C)C(=O)N[C@@H](CSC(c1ccccc1)(c1ccccc1)c1ccccc1)C(N)=O. The summed E-state index contributed by atoms with van der Waals surface area (Å²) in [6, 6.07) is 28.3. The lowest BCUT2D eigenvalue weighted by Gasteiger charge is -2.36. The molecule has 0 aliphatic heterocycles. The van der Waals surface area contributed by atoms with Crippen molar-refractivity contribution in [3.05, 3.63) is 108 Å². The number of hydrazine groups is 1. The largest absolute Gasteiger partial charge is 0.443 e. The second kappa shape index (κ2) is 13.3. The fraction of sp³-hybridized carbons (Fsp3) is 0.300. The zero-order valence-corrected chi connectivity index (χ0v) is 23.5. The number of hydrogen-bond acceptors (Lipinski definition) is 6. The minimum absolute atomic E-state index is 0.200. The Morgan fingerprint density at radius 3 is 1.64 bits per heavy atom. The van der Waals surface area contributed by atoms with Crippen molar-refractivity contribution in [2.24, 2.45) is 5.73 Å². The molecule has 8 nitrogen and oxygen atoms in total. The molecule has 0 saturated carbocycles. The fourth-order valence-electron chi connectivity index (χ4n) is 4.00. The lowest BCUT2D eigenvalue weighted by atomic mass is 9.84. The van der Waals surface area contributed by atoms with E-state index in [1.807, 2.05) is 54.6 Å². The van der Waals surface area contributed by atoms with Crippen molar-refractivity contribution in [2.75, 3.05) is 5.75 Å². The molecule has 3 aromatic rings. The predicted octanol–water partition coefficient (Wildman–Crippen LogP) is 4.10. The average molecular weight is 549 g/mol. The van der Waals surface area contributed by atoms with Gasteiger partial charge in [-0.25, -0.2) is 10.2 Å². The quantitative estimate of drug-likeness (QED) is 0.211. The Morgan fingerprint density at radius 2 is 1.26 bits per heavy atom. The van der Waals surface area contributed by atoms with Crippen molar-refractivity contribution >= 4 is 29.7 Å². The van der Waals surface area contributed by atoms with Crippen LogP contribution in [0.4, 0.5) is 4.79 Å². The van der Waals surface area contributed by atoms with E-state index in [0.29, 0.717) is 0 Å². The van der Waals surface area contributed by atoms with Crippen LogP contribution in [0.15, 0.2) is 91.0 Å². The summed E-state index contributed by atoms with van der Waals surface area (Å²) in [5.74, 6) is -0.960. The van der Waals surface area contributed by atoms with Crippen LogP contribution in [0.5, 0.6) is 0 Å². The third-order valence-corrected chi connectivity index (χ3v) is 7.49. The number of nitrogens with two attached hydrogens (primary N) is 1. The van der Waals surface area contributed by atoms with E-state index in [4.69, 9.17) is 10.5 Å². The summed E-state index contributed by atoms with van der Waals surface area (Å²) in [4.78, 5) is 37.3. The molecule has 0 bridgehead atoms. The van der Waals surface area contributed by atoms with Crippen LogP contribution in [-0.2, 0) is 19.1 Å². The van der Waals surface area contributed by atoms with Gasteiger partial charge in [0.25, 0.3) is 0 Å². The van der Waals surface area contributed by atoms with E-state index in [-0.39, 0.29) is 5.75 Å². The lowest BCUT2D eigenvalue weighted by molar-refractivity contribution is -0.128. The van der Waals surface area contributed by atoms with Gasteiger partial charge in [0.05, 0.1) is 4.75 Å². The van der Waals surface area contributed by atoms with E-state index in [1.165, 1.54) is 11.8 Å². The van der Waals surface area contributed by atoms with E-state index in [9.17, 15) is 14.4 Å². The minimum Gasteiger partial charge on any atom is -0.443 e. The van der Waals surface area contributed by atoms with Gasteiger partial charge in [-0.1, -0.05) is 91.0 Å². The molecule has 2 atom stereocenters. The summed E-state index contributed by atoms with van der Waals surface area (Å²) in [6.45, 7) is 6.76. The molecule has 0 aromatic heterocycles. The number of hydrogen-bond donors (Lipinski definition) is 4. The van der Waals surface area contributed by atoms with E-state index in [1.54, 1.807) is 27.7 Å². The Balaban J connectivity index is 1.84. The summed E-state index contributed by atoms with van der Waals surface area (Å²) in [5, 5.41) is 2.73. The first kappa shape index (κ1) is 29.7. The van der Waals surface area contributed by atoms with Crippen LogP contribution in [0.1, 0.15) is 44.4 Å². The van der Waals surface area contributed by atoms with E-state index in [2.05, 4.69) is 52.6 Å². The van der Waals surface area contributed by atoms with Crippen LogP contribution in [-0.4, -0.2) is 41.3 Å². The number of benzene rings is 3. The maximum Gasteiger partial charge on any atom is 0.422 e. The first-order chi connectivity index (χ1) is 18.5. The maximum atomic E-state index is 12.9. The summed E-state index contributed by atoms with van der Waals surface area (Å²) in [6.07, 6.45) is -0.720. The Labute approximate surface area is 234 Å². The van der Waals surface area contributed by atoms with Crippen molar-refractivity contribution < 1.29 is 19.1 Å². The van der Waals surface area contributed by atoms with Gasteiger partial charge in [-0.05, 0) is 44.4 Å². The number of amides is 3. The van der Waals surface area contributed by atoms with Crippen LogP contribution in [0.25, 0.3) is 0 Å². The molecule has 5 N–H and O–H groups in total. The van der Waals surface area contributed by atoms with Crippen LogP contribution >= 0.6 is 11.8 Å². The number of carbonyl (C=O) groups excluding carboxylic acids is 3. The van der Waals surface area contributed by atoms with E-state index < -0.39 is 40.3 Å². The van der Waals surface area contributed by atoms with Gasteiger partial charge in [0.1, 0.15) is 17.7 Å². The molecule has 3 amide bonds. The average Bonchev–Trinajstić information content (AvgIpc) is 2.92. The van der Waals surface area contributed by atoms with Crippen molar-refractivity contribution in [3.8, 4) is 0 Å². The number of carbonyl (C=O) groups is 3. The Morgan fingerprint density at radius 1 is 0.821 bits per heavy atom. The van der Waals surface area contributed by atoms with Crippen LogP contribution in [0.2, 0.25) is 0 Å². The van der Waals surface area contributed by atoms with Gasteiger partial charge in [0.15, 0.2) is 0 Å². The highest BCUT2D eigenvalue weighted by Gasteiger charge is 2.38. The molecule has 39 heavy (non-hydrogen) atoms. The lowest BCUT2D eigenvalue weighted by Crippen LogP contribution is -2.55. The third-order valence-electron chi connectivity index (χ3n) is 5.85. The summed E-state index contributed by atoms with van der Waals surface area (Å²) in [5.41, 5.74) is 13.1. The Kier molecular flexibility index (Phi) is 10.1. The van der Waals surface area contributed by atoms with Gasteiger partial charge in [0, 0.05) is 5.75 Å². The molecular formula is C30H36N4O4S. The number of rotatable bonds is 11. The fourth-order valence-corrected chi connectivity index (χ4v) is 5.58. The zero-order chi connectivity index (χ0) is 28.5. The molecule has 0 spiro atoms. The predicted molar refractivity (Wildman–Crippen MR) is 155 cm³/mol. The highest BCUT2D eigenvalue weighted by atomic mass is 32.2. The minimum atomic E-state index is -0.969. The Bertz CT molecular complexity index is 1140. The van der Waals surface area contributed by atoms with Gasteiger partial charge in [0.2, 0.25) is 11.8 Å². The molecule has 9 heteroatoms. The molecule has 0 saturated heterocycles. The third kappa shape index (κ3) is 8.08. The topological polar surface area (TPSA) is 123 Å². The van der Waals surface area contributed by atoms with Gasteiger partial charge in [-0.15, -0.1) is 11.8 Å². The summed E-state index contributed by atoms with van der Waals surface area (Å²) in [7, 11) is 0. The standard InChI is InChI=1S/C30H36N4O4S/c1-21(33-34-28(37)38-29(2,3)4)27(36)32-25(26(31)35)20-39-30(22-14-8-5-9-15-22,23-16-10-6-11-17-23)24-18-12-7-13-19-24/h5-19,21,25,33H,20H2,1-4H3,(H2,31,35)(H,32,36)(H,34,37)/t21-,25-/m0/s1. The second-order valence-corrected chi connectivity index (χ2v) is 11.3. The first-order valence-electron chi connectivity index (χ1n) is 12.7. The van der Waals surface area contributed by atoms with E-state index in [0.717, 1.165) is 16.7 Å². The number of ether oxygens (including phenoxy) is 1. The summed E-state index contributed by atoms with van der Waals surface area (Å²) >= 11 is 1.52. The highest BCUT2D eigenvalue weighted by molar-refractivity contribution is 8.00. The molecule has 3 aromatic carbocycles. The van der Waals surface area contributed by atoms with Crippen LogP contribution in [0.3, 0.4) is 0 Å². The molecule has 0 heterocycles. The van der Waals surface area contributed by atoms with E-state index >= 15 is 0 Å². The van der Waals surface area contributed by atoms with Gasteiger partial charge in [-0.2, -0.15) is 0 Å². The van der Waals surface area contributed by atoms with Crippen LogP contribution in [0, 0.1) is 0 Å². The molecule has 0 unspecified atom stereocenters. The van der Waals surface area contributed by atoms with Gasteiger partial charge >= 0.3 is 6.09 Å². The molecular weight excluding hydrogens is 512 g/mol.